The topological polar surface area (TPSA) is 26.3 Å². The highest BCUT2D eigenvalue weighted by molar-refractivity contribution is 9.10. The van der Waals surface area contributed by atoms with E-state index in [9.17, 15) is 4.79 Å². The minimum Gasteiger partial charge on any atom is -0.461 e. The van der Waals surface area contributed by atoms with Crippen LogP contribution in [0, 0.1) is 0 Å². The summed E-state index contributed by atoms with van der Waals surface area (Å²) in [5.41, 5.74) is 0. The van der Waals surface area contributed by atoms with E-state index in [0.717, 1.165) is 11.8 Å². The molecular formula is C7H10Br2O2. The smallest absolute Gasteiger partial charge is 0.320 e. The Bertz CT molecular complexity index is 136. The number of rotatable bonds is 5. The molecule has 0 aliphatic rings. The van der Waals surface area contributed by atoms with Crippen molar-refractivity contribution in [3.05, 3.63) is 12.7 Å². The quantitative estimate of drug-likeness (QED) is 0.440. The van der Waals surface area contributed by atoms with Crippen LogP contribution in [-0.4, -0.2) is 22.7 Å². The molecule has 0 bridgehead atoms. The Balaban J connectivity index is 3.54. The Morgan fingerprint density at radius 3 is 2.82 bits per heavy atom. The highest BCUT2D eigenvalue weighted by atomic mass is 79.9. The third-order valence-corrected chi connectivity index (χ3v) is 2.25. The molecule has 0 saturated carbocycles. The van der Waals surface area contributed by atoms with Crippen molar-refractivity contribution < 1.29 is 9.53 Å². The van der Waals surface area contributed by atoms with Crippen molar-refractivity contribution >= 4 is 37.8 Å². The van der Waals surface area contributed by atoms with E-state index >= 15 is 0 Å². The molecule has 0 amide bonds. The number of esters is 1. The van der Waals surface area contributed by atoms with Crippen LogP contribution in [0.2, 0.25) is 0 Å². The molecule has 0 aromatic rings. The summed E-state index contributed by atoms with van der Waals surface area (Å²) >= 11 is 6.42. The molecule has 4 heteroatoms. The van der Waals surface area contributed by atoms with Crippen molar-refractivity contribution in [2.24, 2.45) is 0 Å². The van der Waals surface area contributed by atoms with Gasteiger partial charge in [-0.2, -0.15) is 0 Å². The fourth-order valence-electron chi connectivity index (χ4n) is 0.445. The van der Waals surface area contributed by atoms with Crippen LogP contribution in [0.25, 0.3) is 0 Å². The molecule has 0 spiro atoms. The number of hydrogen-bond acceptors (Lipinski definition) is 2. The second-order valence-corrected chi connectivity index (χ2v) is 3.76. The number of hydrogen-bond donors (Lipinski definition) is 0. The third kappa shape index (κ3) is 5.44. The van der Waals surface area contributed by atoms with E-state index in [-0.39, 0.29) is 17.4 Å². The van der Waals surface area contributed by atoms with Gasteiger partial charge in [0.05, 0.1) is 0 Å². The molecule has 0 N–H and O–H groups in total. The van der Waals surface area contributed by atoms with Gasteiger partial charge < -0.3 is 4.74 Å². The highest BCUT2D eigenvalue weighted by Gasteiger charge is 2.14. The summed E-state index contributed by atoms with van der Waals surface area (Å²) in [7, 11) is 0. The van der Waals surface area contributed by atoms with Crippen LogP contribution in [0.3, 0.4) is 0 Å². The molecular weight excluding hydrogens is 276 g/mol. The maximum absolute atomic E-state index is 11.0. The van der Waals surface area contributed by atoms with E-state index in [1.165, 1.54) is 0 Å². The van der Waals surface area contributed by atoms with Crippen LogP contribution >= 0.6 is 31.9 Å². The molecule has 2 nitrogen and oxygen atoms in total. The van der Waals surface area contributed by atoms with Gasteiger partial charge in [-0.05, 0) is 6.42 Å². The molecule has 0 radical (unpaired) electrons. The normalized spacial score (nSPS) is 12.2. The summed E-state index contributed by atoms with van der Waals surface area (Å²) in [4.78, 5) is 10.7. The van der Waals surface area contributed by atoms with Gasteiger partial charge in [-0.3, -0.25) is 4.79 Å². The van der Waals surface area contributed by atoms with E-state index in [1.807, 2.05) is 0 Å². The van der Waals surface area contributed by atoms with Gasteiger partial charge in [-0.1, -0.05) is 44.5 Å². The lowest BCUT2D eigenvalue weighted by molar-refractivity contribution is -0.141. The third-order valence-electron chi connectivity index (χ3n) is 0.962. The Morgan fingerprint density at radius 1 is 1.73 bits per heavy atom. The summed E-state index contributed by atoms with van der Waals surface area (Å²) in [6.07, 6.45) is 2.28. The predicted octanol–water partition coefficient (Wildman–Crippen LogP) is 2.26. The van der Waals surface area contributed by atoms with Crippen LogP contribution in [0.4, 0.5) is 0 Å². The Kier molecular flexibility index (Phi) is 6.96. The fraction of sp³-hybridized carbons (Fsp3) is 0.571. The molecule has 1 unspecified atom stereocenters. The molecule has 0 rings (SSSR count). The highest BCUT2D eigenvalue weighted by Crippen LogP contribution is 2.08. The summed E-state index contributed by atoms with van der Waals surface area (Å²) in [5, 5.41) is 0.784. The van der Waals surface area contributed by atoms with E-state index in [0.29, 0.717) is 0 Å². The van der Waals surface area contributed by atoms with E-state index in [1.54, 1.807) is 6.08 Å². The van der Waals surface area contributed by atoms with Gasteiger partial charge in [0.1, 0.15) is 11.4 Å². The first-order valence-electron chi connectivity index (χ1n) is 3.20. The minimum atomic E-state index is -0.232. The van der Waals surface area contributed by atoms with Gasteiger partial charge >= 0.3 is 5.97 Å². The van der Waals surface area contributed by atoms with Crippen LogP contribution < -0.4 is 0 Å². The van der Waals surface area contributed by atoms with Crippen molar-refractivity contribution in [2.75, 3.05) is 11.9 Å². The number of ether oxygens (including phenoxy) is 1. The molecule has 64 valence electrons. The molecule has 0 aromatic heterocycles. The van der Waals surface area contributed by atoms with Crippen LogP contribution in [0.15, 0.2) is 12.7 Å². The molecule has 11 heavy (non-hydrogen) atoms. The monoisotopic (exact) mass is 284 g/mol. The summed E-state index contributed by atoms with van der Waals surface area (Å²) < 4.78 is 4.78. The summed E-state index contributed by atoms with van der Waals surface area (Å²) in [6.45, 7) is 3.72. The molecule has 0 aliphatic heterocycles. The van der Waals surface area contributed by atoms with Gasteiger partial charge in [-0.15, -0.1) is 0 Å². The number of halogens is 2. The Hall–Kier alpha value is 0.170. The van der Waals surface area contributed by atoms with Crippen LogP contribution in [-0.2, 0) is 9.53 Å². The van der Waals surface area contributed by atoms with Crippen molar-refractivity contribution in [3.63, 3.8) is 0 Å². The molecule has 0 saturated heterocycles. The van der Waals surface area contributed by atoms with Gasteiger partial charge in [0.25, 0.3) is 0 Å². The predicted molar refractivity (Wildman–Crippen MR) is 52.3 cm³/mol. The van der Waals surface area contributed by atoms with Crippen molar-refractivity contribution in [1.82, 2.24) is 0 Å². The van der Waals surface area contributed by atoms with E-state index in [2.05, 4.69) is 38.4 Å². The SMILES string of the molecule is C=CCOC(=O)C(Br)CCBr. The minimum absolute atomic E-state index is 0.207. The van der Waals surface area contributed by atoms with Gasteiger partial charge in [0.2, 0.25) is 0 Å². The number of carbonyl (C=O) groups excluding carboxylic acids is 1. The Morgan fingerprint density at radius 2 is 2.36 bits per heavy atom. The average molecular weight is 286 g/mol. The lowest BCUT2D eigenvalue weighted by atomic mass is 10.3. The lowest BCUT2D eigenvalue weighted by Gasteiger charge is -2.05. The summed E-state index contributed by atoms with van der Waals surface area (Å²) in [5.74, 6) is -0.232. The number of alkyl halides is 2. The molecule has 0 fully saturated rings. The van der Waals surface area contributed by atoms with Crippen LogP contribution in [0.1, 0.15) is 6.42 Å². The average Bonchev–Trinajstić information content (AvgIpc) is 2.00. The van der Waals surface area contributed by atoms with Crippen molar-refractivity contribution in [2.45, 2.75) is 11.2 Å². The van der Waals surface area contributed by atoms with E-state index in [4.69, 9.17) is 4.74 Å². The van der Waals surface area contributed by atoms with Crippen LogP contribution in [0.5, 0.6) is 0 Å². The largest absolute Gasteiger partial charge is 0.461 e. The first-order valence-corrected chi connectivity index (χ1v) is 5.23. The van der Waals surface area contributed by atoms with Crippen molar-refractivity contribution in [3.8, 4) is 0 Å². The number of carbonyl (C=O) groups is 1. The fourth-order valence-corrected chi connectivity index (χ4v) is 1.88. The van der Waals surface area contributed by atoms with E-state index < -0.39 is 0 Å². The second-order valence-electron chi connectivity index (χ2n) is 1.86. The first-order chi connectivity index (χ1) is 5.22. The van der Waals surface area contributed by atoms with Gasteiger partial charge in [-0.25, -0.2) is 0 Å². The van der Waals surface area contributed by atoms with Crippen molar-refractivity contribution in [1.29, 1.82) is 0 Å². The zero-order chi connectivity index (χ0) is 8.69. The Labute approximate surface area is 83.2 Å². The summed E-state index contributed by atoms with van der Waals surface area (Å²) in [6, 6.07) is 0. The molecule has 0 heterocycles. The maximum Gasteiger partial charge on any atom is 0.320 e. The second kappa shape index (κ2) is 6.85. The van der Waals surface area contributed by atoms with Gasteiger partial charge in [0.15, 0.2) is 0 Å². The first kappa shape index (κ1) is 11.2. The molecule has 0 aromatic carbocycles. The zero-order valence-electron chi connectivity index (χ0n) is 6.06. The zero-order valence-corrected chi connectivity index (χ0v) is 9.23. The lowest BCUT2D eigenvalue weighted by Crippen LogP contribution is -2.17. The van der Waals surface area contributed by atoms with Gasteiger partial charge in [0, 0.05) is 5.33 Å². The maximum atomic E-state index is 11.0. The molecule has 1 atom stereocenters. The standard InChI is InChI=1S/C7H10Br2O2/c1-2-5-11-7(10)6(9)3-4-8/h2,6H,1,3-5H2. The molecule has 0 aliphatic carbocycles.